The van der Waals surface area contributed by atoms with E-state index in [4.69, 9.17) is 9.47 Å². The van der Waals surface area contributed by atoms with Crippen molar-refractivity contribution in [2.75, 3.05) is 0 Å². The zero-order valence-corrected chi connectivity index (χ0v) is 22.4. The van der Waals surface area contributed by atoms with E-state index in [0.717, 1.165) is 33.2 Å². The molecule has 190 valence electrons. The number of rotatable bonds is 9. The maximum atomic E-state index is 10.1. The summed E-state index contributed by atoms with van der Waals surface area (Å²) in [6.45, 7) is 16.0. The summed E-state index contributed by atoms with van der Waals surface area (Å²) in [6, 6.07) is 22.0. The van der Waals surface area contributed by atoms with Gasteiger partial charge < -0.3 is 9.47 Å². The number of aryl methyl sites for hydroxylation is 1. The molecular weight excluding hydrogens is 466 g/mol. The summed E-state index contributed by atoms with van der Waals surface area (Å²) in [5.41, 5.74) is 4.46. The minimum Gasteiger partial charge on any atom is -0.489 e. The zero-order valence-electron chi connectivity index (χ0n) is 21.6. The molecule has 0 atom stereocenters. The number of ether oxygens (including phenoxy) is 2. The Labute approximate surface area is 220 Å². The first-order valence-corrected chi connectivity index (χ1v) is 12.9. The number of hydrogen-bond acceptors (Lipinski definition) is 5. The van der Waals surface area contributed by atoms with Crippen LogP contribution in [0.3, 0.4) is 0 Å². The Morgan fingerprint density at radius 3 is 2.25 bits per heavy atom. The standard InChI is InChI=1S/C24H21NO2S.C5H8O.C2H6.H2/c1-3-21-17(2)8-6-9-18(21)15-26-19-10-7-11-20(14-19)27-16-24-25-22-12-4-5-13-23(22)28-24;1-3-5(6)4-2;1-2;/h3-14H,1,15-16H2,2H3;3H,1,4H2,2H3;1-2H3;1H. The van der Waals surface area contributed by atoms with Gasteiger partial charge in [0.15, 0.2) is 5.78 Å². The topological polar surface area (TPSA) is 48.4 Å². The van der Waals surface area contributed by atoms with Crippen LogP contribution in [-0.2, 0) is 18.0 Å². The summed E-state index contributed by atoms with van der Waals surface area (Å²) in [4.78, 5) is 14.7. The number of aromatic nitrogens is 1. The molecule has 1 aromatic heterocycles. The van der Waals surface area contributed by atoms with Crippen molar-refractivity contribution in [3.05, 3.63) is 108 Å². The second-order valence-electron chi connectivity index (χ2n) is 7.50. The van der Waals surface area contributed by atoms with Crippen LogP contribution in [-0.4, -0.2) is 10.8 Å². The fourth-order valence-corrected chi connectivity index (χ4v) is 4.13. The SMILES string of the molecule is C=CC(=O)CC.C=Cc1c(C)cccc1COc1cccc(OCc2nc3ccccc3s2)c1.CC.[HH]. The van der Waals surface area contributed by atoms with Crippen LogP contribution >= 0.6 is 11.3 Å². The molecule has 0 radical (unpaired) electrons. The first kappa shape index (κ1) is 28.5. The maximum absolute atomic E-state index is 10.1. The predicted octanol–water partition coefficient (Wildman–Crippen LogP) is 8.83. The van der Waals surface area contributed by atoms with Gasteiger partial charge in [-0.05, 0) is 54.0 Å². The number of para-hydroxylation sites is 1. The second-order valence-corrected chi connectivity index (χ2v) is 8.62. The molecule has 4 aromatic rings. The molecule has 0 saturated heterocycles. The highest BCUT2D eigenvalue weighted by Crippen LogP contribution is 2.25. The van der Waals surface area contributed by atoms with E-state index < -0.39 is 0 Å². The third-order valence-corrected chi connectivity index (χ3v) is 6.10. The molecule has 4 nitrogen and oxygen atoms in total. The minimum absolute atomic E-state index is 0. The lowest BCUT2D eigenvalue weighted by Crippen LogP contribution is -2.00. The van der Waals surface area contributed by atoms with Gasteiger partial charge in [-0.2, -0.15) is 0 Å². The lowest BCUT2D eigenvalue weighted by molar-refractivity contribution is -0.114. The number of benzene rings is 3. The van der Waals surface area contributed by atoms with Crippen molar-refractivity contribution in [3.63, 3.8) is 0 Å². The highest BCUT2D eigenvalue weighted by atomic mass is 32.1. The van der Waals surface area contributed by atoms with Gasteiger partial charge in [-0.15, -0.1) is 11.3 Å². The third kappa shape index (κ3) is 8.51. The molecule has 5 heteroatoms. The highest BCUT2D eigenvalue weighted by Gasteiger charge is 2.06. The van der Waals surface area contributed by atoms with Gasteiger partial charge in [-0.3, -0.25) is 4.79 Å². The Morgan fingerprint density at radius 2 is 1.64 bits per heavy atom. The van der Waals surface area contributed by atoms with Gasteiger partial charge in [0.2, 0.25) is 0 Å². The number of allylic oxidation sites excluding steroid dienone is 1. The average molecular weight is 504 g/mol. The van der Waals surface area contributed by atoms with Crippen LogP contribution in [0.15, 0.2) is 86.0 Å². The summed E-state index contributed by atoms with van der Waals surface area (Å²) >= 11 is 1.66. The normalized spacial score (nSPS) is 9.78. The van der Waals surface area contributed by atoms with Gasteiger partial charge in [-0.25, -0.2) is 4.98 Å². The van der Waals surface area contributed by atoms with Crippen LogP contribution in [0.2, 0.25) is 0 Å². The summed E-state index contributed by atoms with van der Waals surface area (Å²) in [6.07, 6.45) is 3.79. The summed E-state index contributed by atoms with van der Waals surface area (Å²) in [7, 11) is 0. The lowest BCUT2D eigenvalue weighted by atomic mass is 10.0. The number of nitrogens with zero attached hydrogens (tertiary/aromatic N) is 1. The molecule has 4 rings (SSSR count). The fourth-order valence-electron chi connectivity index (χ4n) is 3.25. The number of carbonyl (C=O) groups excluding carboxylic acids is 1. The smallest absolute Gasteiger partial charge is 0.154 e. The van der Waals surface area contributed by atoms with E-state index in [0.29, 0.717) is 19.6 Å². The number of ketones is 1. The van der Waals surface area contributed by atoms with Crippen LogP contribution in [0.5, 0.6) is 11.5 Å². The van der Waals surface area contributed by atoms with Crippen molar-refractivity contribution in [1.82, 2.24) is 4.98 Å². The van der Waals surface area contributed by atoms with Crippen molar-refractivity contribution in [2.24, 2.45) is 0 Å². The highest BCUT2D eigenvalue weighted by molar-refractivity contribution is 7.18. The first-order valence-electron chi connectivity index (χ1n) is 12.1. The maximum Gasteiger partial charge on any atom is 0.154 e. The number of fused-ring (bicyclic) bond motifs is 1. The van der Waals surface area contributed by atoms with E-state index in [1.165, 1.54) is 16.3 Å². The monoisotopic (exact) mass is 503 g/mol. The van der Waals surface area contributed by atoms with Gasteiger partial charge >= 0.3 is 0 Å². The lowest BCUT2D eigenvalue weighted by Gasteiger charge is -2.12. The van der Waals surface area contributed by atoms with E-state index in [1.807, 2.05) is 75.4 Å². The first-order chi connectivity index (χ1) is 17.5. The Kier molecular flexibility index (Phi) is 12.1. The van der Waals surface area contributed by atoms with Crippen LogP contribution in [0.4, 0.5) is 0 Å². The van der Waals surface area contributed by atoms with Crippen LogP contribution in [0.25, 0.3) is 16.3 Å². The molecule has 0 fully saturated rings. The Morgan fingerprint density at radius 1 is 0.972 bits per heavy atom. The Balaban J connectivity index is 0.000000672. The molecule has 0 aliphatic carbocycles. The number of carbonyl (C=O) groups is 1. The van der Waals surface area contributed by atoms with E-state index in [1.54, 1.807) is 11.3 Å². The molecule has 0 unspecified atom stereocenters. The fraction of sp³-hybridized carbons (Fsp3) is 0.226. The van der Waals surface area contributed by atoms with Crippen LogP contribution in [0.1, 0.15) is 50.3 Å². The van der Waals surface area contributed by atoms with E-state index >= 15 is 0 Å². The summed E-state index contributed by atoms with van der Waals surface area (Å²) in [5.74, 6) is 1.65. The molecule has 0 spiro atoms. The van der Waals surface area contributed by atoms with E-state index in [9.17, 15) is 4.79 Å². The summed E-state index contributed by atoms with van der Waals surface area (Å²) < 4.78 is 13.1. The van der Waals surface area contributed by atoms with Gasteiger partial charge in [-0.1, -0.05) is 76.4 Å². The molecule has 0 aliphatic heterocycles. The molecule has 3 aromatic carbocycles. The largest absolute Gasteiger partial charge is 0.489 e. The third-order valence-electron chi connectivity index (χ3n) is 5.10. The molecule has 1 heterocycles. The Hall–Kier alpha value is -3.70. The van der Waals surface area contributed by atoms with Crippen LogP contribution in [0, 0.1) is 6.92 Å². The van der Waals surface area contributed by atoms with Crippen LogP contribution < -0.4 is 9.47 Å². The molecule has 0 bridgehead atoms. The van der Waals surface area contributed by atoms with Gasteiger partial charge in [0.1, 0.15) is 29.7 Å². The van der Waals surface area contributed by atoms with E-state index in [2.05, 4.69) is 43.3 Å². The van der Waals surface area contributed by atoms with Crippen molar-refractivity contribution in [2.45, 2.75) is 47.3 Å². The predicted molar refractivity (Wildman–Crippen MR) is 155 cm³/mol. The molecule has 0 N–H and O–H groups in total. The summed E-state index contributed by atoms with van der Waals surface area (Å²) in [5, 5.41) is 0.961. The molecule has 0 saturated carbocycles. The number of thiazole rings is 1. The van der Waals surface area contributed by atoms with Crippen molar-refractivity contribution >= 4 is 33.4 Å². The molecular formula is C31H37NO3S. The number of hydrogen-bond donors (Lipinski definition) is 0. The quantitative estimate of drug-likeness (QED) is 0.214. The van der Waals surface area contributed by atoms with Gasteiger partial charge in [0, 0.05) is 13.9 Å². The van der Waals surface area contributed by atoms with Gasteiger partial charge in [0.05, 0.1) is 10.2 Å². The second kappa shape index (κ2) is 15.3. The average Bonchev–Trinajstić information content (AvgIpc) is 3.35. The zero-order chi connectivity index (χ0) is 26.3. The molecule has 0 amide bonds. The van der Waals surface area contributed by atoms with Gasteiger partial charge in [0.25, 0.3) is 0 Å². The van der Waals surface area contributed by atoms with E-state index in [-0.39, 0.29) is 7.21 Å². The molecule has 36 heavy (non-hydrogen) atoms. The van der Waals surface area contributed by atoms with Crippen molar-refractivity contribution < 1.29 is 15.7 Å². The van der Waals surface area contributed by atoms with Crippen molar-refractivity contribution in [3.8, 4) is 11.5 Å². The minimum atomic E-state index is 0. The molecule has 0 aliphatic rings. The van der Waals surface area contributed by atoms with Crippen molar-refractivity contribution in [1.29, 1.82) is 0 Å². The Bertz CT molecular complexity index is 1250.